The zero-order chi connectivity index (χ0) is 12.1. The second-order valence-corrected chi connectivity index (χ2v) is 5.17. The number of aromatic nitrogens is 2. The lowest BCUT2D eigenvalue weighted by Gasteiger charge is -2.06. The number of nitrogens with one attached hydrogen (secondary N) is 1. The van der Waals surface area contributed by atoms with Crippen LogP contribution in [-0.4, -0.2) is 16.2 Å². The van der Waals surface area contributed by atoms with Crippen molar-refractivity contribution in [2.24, 2.45) is 0 Å². The summed E-state index contributed by atoms with van der Waals surface area (Å²) in [6.07, 6.45) is 3.58. The van der Waals surface area contributed by atoms with E-state index < -0.39 is 0 Å². The van der Waals surface area contributed by atoms with Gasteiger partial charge in [-0.2, -0.15) is 0 Å². The molecular weight excluding hydrogens is 298 g/mol. The van der Waals surface area contributed by atoms with Crippen molar-refractivity contribution < 1.29 is 0 Å². The summed E-state index contributed by atoms with van der Waals surface area (Å²) in [5.74, 6) is 0.851. The number of hydrogen-bond acceptors (Lipinski definition) is 4. The maximum Gasteiger partial charge on any atom is 0.130 e. The predicted molar refractivity (Wildman–Crippen MR) is 75.3 cm³/mol. The van der Waals surface area contributed by atoms with Crippen LogP contribution in [0.2, 0.25) is 0 Å². The molecule has 0 bridgehead atoms. The molecule has 2 rings (SSSR count). The normalized spacial score (nSPS) is 10.2. The maximum atomic E-state index is 4.18. The molecule has 0 amide bonds. The summed E-state index contributed by atoms with van der Waals surface area (Å²) in [5, 5.41) is 4.25. The van der Waals surface area contributed by atoms with Crippen molar-refractivity contribution in [1.29, 1.82) is 0 Å². The first-order valence-corrected chi connectivity index (χ1v) is 7.14. The highest BCUT2D eigenvalue weighted by atomic mass is 79.9. The molecule has 0 radical (unpaired) electrons. The van der Waals surface area contributed by atoms with Gasteiger partial charge in [0.05, 0.1) is 0 Å². The fraction of sp³-hybridized carbons (Fsp3) is 0.167. The monoisotopic (exact) mass is 309 g/mol. The molecule has 0 spiro atoms. The van der Waals surface area contributed by atoms with Crippen LogP contribution in [0, 0.1) is 0 Å². The van der Waals surface area contributed by atoms with E-state index in [1.54, 1.807) is 18.1 Å². The van der Waals surface area contributed by atoms with Crippen LogP contribution in [0.3, 0.4) is 0 Å². The summed E-state index contributed by atoms with van der Waals surface area (Å²) in [6, 6.07) is 10.1. The third-order valence-corrected chi connectivity index (χ3v) is 3.35. The molecule has 0 atom stereocenters. The topological polar surface area (TPSA) is 37.8 Å². The van der Waals surface area contributed by atoms with Crippen molar-refractivity contribution in [3.05, 3.63) is 46.7 Å². The lowest BCUT2D eigenvalue weighted by atomic mass is 10.2. The van der Waals surface area contributed by atoms with Crippen LogP contribution in [0.1, 0.15) is 5.56 Å². The molecule has 0 saturated carbocycles. The van der Waals surface area contributed by atoms with Crippen molar-refractivity contribution in [3.63, 3.8) is 0 Å². The smallest absolute Gasteiger partial charge is 0.130 e. The molecule has 0 aliphatic heterocycles. The van der Waals surface area contributed by atoms with Crippen LogP contribution in [0.4, 0.5) is 5.82 Å². The molecule has 1 heterocycles. The fourth-order valence-corrected chi connectivity index (χ4v) is 2.22. The molecule has 88 valence electrons. The van der Waals surface area contributed by atoms with Crippen molar-refractivity contribution in [2.75, 3.05) is 11.6 Å². The number of thioether (sulfide) groups is 1. The van der Waals surface area contributed by atoms with E-state index in [1.165, 1.54) is 5.56 Å². The molecule has 17 heavy (non-hydrogen) atoms. The Morgan fingerprint density at radius 1 is 1.29 bits per heavy atom. The highest BCUT2D eigenvalue weighted by molar-refractivity contribution is 9.10. The summed E-state index contributed by atoms with van der Waals surface area (Å²) in [7, 11) is 0. The van der Waals surface area contributed by atoms with Gasteiger partial charge in [0.15, 0.2) is 0 Å². The van der Waals surface area contributed by atoms with E-state index in [2.05, 4.69) is 43.3 Å². The van der Waals surface area contributed by atoms with Gasteiger partial charge in [0, 0.05) is 17.1 Å². The zero-order valence-electron chi connectivity index (χ0n) is 9.35. The van der Waals surface area contributed by atoms with Crippen molar-refractivity contribution >= 4 is 33.5 Å². The molecule has 0 aliphatic rings. The molecule has 0 saturated heterocycles. The number of anilines is 1. The van der Waals surface area contributed by atoms with Gasteiger partial charge in [0.1, 0.15) is 17.2 Å². The Morgan fingerprint density at radius 2 is 2.18 bits per heavy atom. The van der Waals surface area contributed by atoms with Crippen LogP contribution in [0.25, 0.3) is 0 Å². The average molecular weight is 310 g/mol. The first-order valence-electron chi connectivity index (χ1n) is 5.12. The quantitative estimate of drug-likeness (QED) is 0.692. The van der Waals surface area contributed by atoms with Gasteiger partial charge in [0.2, 0.25) is 0 Å². The van der Waals surface area contributed by atoms with E-state index in [0.717, 1.165) is 21.9 Å². The summed E-state index contributed by atoms with van der Waals surface area (Å²) in [6.45, 7) is 0.754. The SMILES string of the molecule is CSc1cc(NCc2cccc(Br)c2)ncn1. The van der Waals surface area contributed by atoms with Gasteiger partial charge in [0.25, 0.3) is 0 Å². The Kier molecular flexibility index (Phi) is 4.39. The Labute approximate surface area is 113 Å². The van der Waals surface area contributed by atoms with E-state index in [4.69, 9.17) is 0 Å². The predicted octanol–water partition coefficient (Wildman–Crippen LogP) is 3.57. The van der Waals surface area contributed by atoms with Gasteiger partial charge < -0.3 is 5.32 Å². The molecular formula is C12H12BrN3S. The number of hydrogen-bond donors (Lipinski definition) is 1. The van der Waals surface area contributed by atoms with Crippen LogP contribution < -0.4 is 5.32 Å². The fourth-order valence-electron chi connectivity index (χ4n) is 1.39. The zero-order valence-corrected chi connectivity index (χ0v) is 11.8. The highest BCUT2D eigenvalue weighted by Crippen LogP contribution is 2.16. The molecule has 1 N–H and O–H groups in total. The largest absolute Gasteiger partial charge is 0.366 e. The summed E-state index contributed by atoms with van der Waals surface area (Å²) < 4.78 is 1.09. The highest BCUT2D eigenvalue weighted by Gasteiger charge is 1.98. The first kappa shape index (κ1) is 12.4. The number of halogens is 1. The lowest BCUT2D eigenvalue weighted by molar-refractivity contribution is 1.02. The summed E-state index contributed by atoms with van der Waals surface area (Å²) >= 11 is 5.06. The van der Waals surface area contributed by atoms with Crippen molar-refractivity contribution in [3.8, 4) is 0 Å². The van der Waals surface area contributed by atoms with E-state index in [1.807, 2.05) is 24.5 Å². The van der Waals surface area contributed by atoms with Gasteiger partial charge in [-0.3, -0.25) is 0 Å². The Morgan fingerprint density at radius 3 is 2.94 bits per heavy atom. The average Bonchev–Trinajstić information content (AvgIpc) is 2.37. The second-order valence-electron chi connectivity index (χ2n) is 3.43. The minimum atomic E-state index is 0.754. The van der Waals surface area contributed by atoms with Gasteiger partial charge in [-0.15, -0.1) is 11.8 Å². The third kappa shape index (κ3) is 3.71. The second kappa shape index (κ2) is 6.02. The van der Waals surface area contributed by atoms with Gasteiger partial charge >= 0.3 is 0 Å². The molecule has 0 aliphatic carbocycles. The molecule has 0 fully saturated rings. The Bertz CT molecular complexity index is 505. The molecule has 0 unspecified atom stereocenters. The standard InChI is InChI=1S/C12H12BrN3S/c1-17-12-6-11(15-8-16-12)14-7-9-3-2-4-10(13)5-9/h2-6,8H,7H2,1H3,(H,14,15,16). The molecule has 5 heteroatoms. The minimum Gasteiger partial charge on any atom is -0.366 e. The van der Waals surface area contributed by atoms with Gasteiger partial charge in [-0.25, -0.2) is 9.97 Å². The number of rotatable bonds is 4. The summed E-state index contributed by atoms with van der Waals surface area (Å²) in [5.41, 5.74) is 1.21. The van der Waals surface area contributed by atoms with Gasteiger partial charge in [-0.05, 0) is 24.0 Å². The van der Waals surface area contributed by atoms with E-state index in [9.17, 15) is 0 Å². The Hall–Kier alpha value is -1.07. The number of benzene rings is 1. The van der Waals surface area contributed by atoms with Gasteiger partial charge in [-0.1, -0.05) is 28.1 Å². The van der Waals surface area contributed by atoms with Crippen LogP contribution in [0.15, 0.2) is 46.2 Å². The van der Waals surface area contributed by atoms with Crippen molar-refractivity contribution in [2.45, 2.75) is 11.6 Å². The van der Waals surface area contributed by atoms with Crippen LogP contribution >= 0.6 is 27.7 Å². The van der Waals surface area contributed by atoms with E-state index in [0.29, 0.717) is 0 Å². The number of nitrogens with zero attached hydrogens (tertiary/aromatic N) is 2. The molecule has 3 nitrogen and oxygen atoms in total. The lowest BCUT2D eigenvalue weighted by Crippen LogP contribution is -2.01. The Balaban J connectivity index is 2.02. The maximum absolute atomic E-state index is 4.18. The van der Waals surface area contributed by atoms with Crippen molar-refractivity contribution in [1.82, 2.24) is 9.97 Å². The van der Waals surface area contributed by atoms with E-state index in [-0.39, 0.29) is 0 Å². The van der Waals surface area contributed by atoms with E-state index >= 15 is 0 Å². The minimum absolute atomic E-state index is 0.754. The molecule has 1 aromatic carbocycles. The molecule has 2 aromatic rings. The molecule has 1 aromatic heterocycles. The first-order chi connectivity index (χ1) is 8.28. The van der Waals surface area contributed by atoms with Crippen LogP contribution in [0.5, 0.6) is 0 Å². The van der Waals surface area contributed by atoms with Crippen LogP contribution in [-0.2, 0) is 6.54 Å². The third-order valence-electron chi connectivity index (χ3n) is 2.21. The summed E-state index contributed by atoms with van der Waals surface area (Å²) in [4.78, 5) is 8.31.